The van der Waals surface area contributed by atoms with E-state index in [4.69, 9.17) is 11.6 Å². The molecule has 0 amide bonds. The lowest BCUT2D eigenvalue weighted by molar-refractivity contribution is 0.568. The van der Waals surface area contributed by atoms with Crippen LogP contribution in [0.5, 0.6) is 0 Å². The second kappa shape index (κ2) is 4.45. The normalized spacial score (nSPS) is 13.0. The Balaban J connectivity index is 2.67. The summed E-state index contributed by atoms with van der Waals surface area (Å²) < 4.78 is 0. The van der Waals surface area contributed by atoms with Crippen LogP contribution in [-0.4, -0.2) is 9.97 Å². The summed E-state index contributed by atoms with van der Waals surface area (Å²) in [5.74, 6) is 0. The van der Waals surface area contributed by atoms with Crippen LogP contribution in [0.3, 0.4) is 0 Å². The molecule has 0 saturated heterocycles. The number of halogens is 1. The molecule has 3 heteroatoms. The second-order valence-corrected chi connectivity index (χ2v) is 7.49. The minimum Gasteiger partial charge on any atom is -0.253 e. The summed E-state index contributed by atoms with van der Waals surface area (Å²) in [4.78, 5) is 9.21. The maximum absolute atomic E-state index is 6.39. The zero-order valence-corrected chi connectivity index (χ0v) is 13.3. The van der Waals surface area contributed by atoms with Crippen LogP contribution in [0.2, 0.25) is 5.02 Å². The lowest BCUT2D eigenvalue weighted by Gasteiger charge is -2.21. The third-order valence-corrected chi connectivity index (χ3v) is 3.52. The average molecular weight is 277 g/mol. The summed E-state index contributed by atoms with van der Waals surface area (Å²) in [7, 11) is 0. The fourth-order valence-corrected chi connectivity index (χ4v) is 2.12. The van der Waals surface area contributed by atoms with Gasteiger partial charge in [0.15, 0.2) is 0 Å². The lowest BCUT2D eigenvalue weighted by Crippen LogP contribution is -2.15. The van der Waals surface area contributed by atoms with Gasteiger partial charge in [-0.3, -0.25) is 4.98 Å². The van der Waals surface area contributed by atoms with Crippen molar-refractivity contribution in [1.29, 1.82) is 0 Å². The van der Waals surface area contributed by atoms with E-state index in [0.717, 1.165) is 16.7 Å². The van der Waals surface area contributed by atoms with Crippen molar-refractivity contribution in [1.82, 2.24) is 9.97 Å². The summed E-state index contributed by atoms with van der Waals surface area (Å²) in [5.41, 5.74) is 3.84. The van der Waals surface area contributed by atoms with Gasteiger partial charge in [0.05, 0.1) is 16.2 Å². The van der Waals surface area contributed by atoms with Gasteiger partial charge < -0.3 is 0 Å². The monoisotopic (exact) mass is 276 g/mol. The highest BCUT2D eigenvalue weighted by Crippen LogP contribution is 2.31. The Morgan fingerprint density at radius 1 is 0.947 bits per heavy atom. The van der Waals surface area contributed by atoms with Crippen molar-refractivity contribution >= 4 is 22.6 Å². The van der Waals surface area contributed by atoms with Gasteiger partial charge in [-0.2, -0.15) is 0 Å². The van der Waals surface area contributed by atoms with E-state index in [9.17, 15) is 0 Å². The van der Waals surface area contributed by atoms with Crippen molar-refractivity contribution in [2.24, 2.45) is 0 Å². The highest BCUT2D eigenvalue weighted by atomic mass is 35.5. The Kier molecular flexibility index (Phi) is 3.34. The molecule has 0 spiro atoms. The SMILES string of the molecule is CC(C)(C)c1cc(Cl)c2nc(C(C)(C)C)cnc2c1. The molecule has 0 N–H and O–H groups in total. The van der Waals surface area contributed by atoms with Crippen molar-refractivity contribution in [3.63, 3.8) is 0 Å². The number of benzene rings is 1. The van der Waals surface area contributed by atoms with Gasteiger partial charge in [-0.05, 0) is 23.1 Å². The van der Waals surface area contributed by atoms with E-state index in [-0.39, 0.29) is 10.8 Å². The first-order chi connectivity index (χ1) is 8.59. The fraction of sp³-hybridized carbons (Fsp3) is 0.500. The first kappa shape index (κ1) is 14.3. The number of nitrogens with zero attached hydrogens (tertiary/aromatic N) is 2. The third-order valence-electron chi connectivity index (χ3n) is 3.24. The highest BCUT2D eigenvalue weighted by Gasteiger charge is 2.20. The summed E-state index contributed by atoms with van der Waals surface area (Å²) in [6.07, 6.45) is 1.85. The van der Waals surface area contributed by atoms with E-state index >= 15 is 0 Å². The Hall–Kier alpha value is -1.15. The summed E-state index contributed by atoms with van der Waals surface area (Å²) in [6, 6.07) is 4.09. The second-order valence-electron chi connectivity index (χ2n) is 7.08. The van der Waals surface area contributed by atoms with E-state index in [2.05, 4.69) is 57.6 Å². The molecule has 0 aliphatic heterocycles. The predicted octanol–water partition coefficient (Wildman–Crippen LogP) is 4.88. The van der Waals surface area contributed by atoms with Gasteiger partial charge in [-0.15, -0.1) is 0 Å². The number of hydrogen-bond acceptors (Lipinski definition) is 2. The summed E-state index contributed by atoms with van der Waals surface area (Å²) in [6.45, 7) is 12.9. The van der Waals surface area contributed by atoms with Gasteiger partial charge in [-0.1, -0.05) is 53.1 Å². The van der Waals surface area contributed by atoms with Gasteiger partial charge in [0.2, 0.25) is 0 Å². The van der Waals surface area contributed by atoms with Crippen LogP contribution in [0.15, 0.2) is 18.3 Å². The minimum absolute atomic E-state index is 0.0206. The number of rotatable bonds is 0. The van der Waals surface area contributed by atoms with Crippen molar-refractivity contribution in [2.45, 2.75) is 52.4 Å². The van der Waals surface area contributed by atoms with Crippen LogP contribution in [0.1, 0.15) is 52.8 Å². The van der Waals surface area contributed by atoms with Crippen LogP contribution in [0, 0.1) is 0 Å². The molecular weight excluding hydrogens is 256 g/mol. The molecule has 0 saturated carbocycles. The first-order valence-corrected chi connectivity index (χ1v) is 6.94. The number of hydrogen-bond donors (Lipinski definition) is 0. The molecule has 2 nitrogen and oxygen atoms in total. The van der Waals surface area contributed by atoms with Crippen LogP contribution < -0.4 is 0 Å². The van der Waals surface area contributed by atoms with Gasteiger partial charge in [0.25, 0.3) is 0 Å². The molecule has 0 aliphatic carbocycles. The number of aromatic nitrogens is 2. The molecule has 0 fully saturated rings. The van der Waals surface area contributed by atoms with Gasteiger partial charge in [-0.25, -0.2) is 4.98 Å². The molecule has 0 atom stereocenters. The molecule has 2 rings (SSSR count). The summed E-state index contributed by atoms with van der Waals surface area (Å²) >= 11 is 6.39. The molecule has 1 aromatic heterocycles. The fourth-order valence-electron chi connectivity index (χ4n) is 1.87. The smallest absolute Gasteiger partial charge is 0.108 e. The minimum atomic E-state index is -0.0206. The average Bonchev–Trinajstić information content (AvgIpc) is 2.26. The first-order valence-electron chi connectivity index (χ1n) is 6.56. The third kappa shape index (κ3) is 2.89. The van der Waals surface area contributed by atoms with Gasteiger partial charge in [0, 0.05) is 11.6 Å². The van der Waals surface area contributed by atoms with E-state index in [1.807, 2.05) is 12.3 Å². The Morgan fingerprint density at radius 2 is 1.58 bits per heavy atom. The molecule has 2 aromatic rings. The van der Waals surface area contributed by atoms with Crippen LogP contribution in [0.4, 0.5) is 0 Å². The topological polar surface area (TPSA) is 25.8 Å². The Bertz CT molecular complexity index is 619. The van der Waals surface area contributed by atoms with Gasteiger partial charge in [0.1, 0.15) is 5.52 Å². The maximum Gasteiger partial charge on any atom is 0.108 e. The van der Waals surface area contributed by atoms with Crippen molar-refractivity contribution in [3.8, 4) is 0 Å². The molecule has 0 aliphatic rings. The molecule has 0 bridgehead atoms. The Morgan fingerprint density at radius 3 is 2.11 bits per heavy atom. The van der Waals surface area contributed by atoms with Crippen LogP contribution in [0.25, 0.3) is 11.0 Å². The standard InChI is InChI=1S/C16H21ClN2/c1-15(2,3)10-7-11(17)14-12(8-10)18-9-13(19-14)16(4,5)6/h7-9H,1-6H3. The summed E-state index contributed by atoms with van der Waals surface area (Å²) in [5, 5.41) is 0.682. The quantitative estimate of drug-likeness (QED) is 0.685. The Labute approximate surface area is 120 Å². The molecular formula is C16H21ClN2. The molecule has 0 unspecified atom stereocenters. The molecule has 0 radical (unpaired) electrons. The van der Waals surface area contributed by atoms with E-state index < -0.39 is 0 Å². The molecule has 1 aromatic carbocycles. The highest BCUT2D eigenvalue weighted by molar-refractivity contribution is 6.35. The van der Waals surface area contributed by atoms with E-state index in [1.165, 1.54) is 5.56 Å². The number of fused-ring (bicyclic) bond motifs is 1. The van der Waals surface area contributed by atoms with Crippen LogP contribution in [-0.2, 0) is 10.8 Å². The van der Waals surface area contributed by atoms with E-state index in [1.54, 1.807) is 0 Å². The van der Waals surface area contributed by atoms with Crippen molar-refractivity contribution in [3.05, 3.63) is 34.6 Å². The zero-order chi connectivity index (χ0) is 14.4. The molecule has 19 heavy (non-hydrogen) atoms. The van der Waals surface area contributed by atoms with Gasteiger partial charge >= 0.3 is 0 Å². The lowest BCUT2D eigenvalue weighted by atomic mass is 9.86. The zero-order valence-electron chi connectivity index (χ0n) is 12.5. The van der Waals surface area contributed by atoms with Crippen LogP contribution >= 0.6 is 11.6 Å². The van der Waals surface area contributed by atoms with E-state index in [0.29, 0.717) is 5.02 Å². The van der Waals surface area contributed by atoms with Crippen molar-refractivity contribution < 1.29 is 0 Å². The van der Waals surface area contributed by atoms with Crippen molar-refractivity contribution in [2.75, 3.05) is 0 Å². The molecule has 102 valence electrons. The predicted molar refractivity (Wildman–Crippen MR) is 81.9 cm³/mol. The maximum atomic E-state index is 6.39. The largest absolute Gasteiger partial charge is 0.253 e. The molecule has 1 heterocycles.